The van der Waals surface area contributed by atoms with Crippen molar-refractivity contribution in [2.75, 3.05) is 13.1 Å². The number of para-hydroxylation sites is 2. The van der Waals surface area contributed by atoms with E-state index in [0.717, 1.165) is 49.2 Å². The highest BCUT2D eigenvalue weighted by Gasteiger charge is 2.57. The van der Waals surface area contributed by atoms with E-state index in [1.54, 1.807) is 0 Å². The molecule has 1 spiro atoms. The van der Waals surface area contributed by atoms with E-state index < -0.39 is 0 Å². The SMILES string of the molecule is CC(NC(=O)C1CC12CCNCC2)c1nc2ccccc2n1C. The summed E-state index contributed by atoms with van der Waals surface area (Å²) in [6.07, 6.45) is 3.31. The van der Waals surface area contributed by atoms with Gasteiger partial charge in [0.1, 0.15) is 5.82 Å². The zero-order valence-corrected chi connectivity index (χ0v) is 13.8. The fraction of sp³-hybridized carbons (Fsp3) is 0.556. The van der Waals surface area contributed by atoms with Crippen LogP contribution in [0.1, 0.15) is 38.1 Å². The summed E-state index contributed by atoms with van der Waals surface area (Å²) in [5.74, 6) is 1.31. The molecule has 122 valence electrons. The van der Waals surface area contributed by atoms with E-state index in [-0.39, 0.29) is 23.3 Å². The molecule has 5 nitrogen and oxygen atoms in total. The number of aromatic nitrogens is 2. The van der Waals surface area contributed by atoms with Gasteiger partial charge in [-0.1, -0.05) is 12.1 Å². The first-order valence-electron chi connectivity index (χ1n) is 8.53. The minimum Gasteiger partial charge on any atom is -0.346 e. The lowest BCUT2D eigenvalue weighted by Crippen LogP contribution is -2.35. The van der Waals surface area contributed by atoms with Crippen molar-refractivity contribution in [1.29, 1.82) is 0 Å². The molecule has 2 fully saturated rings. The van der Waals surface area contributed by atoms with Crippen LogP contribution in [-0.4, -0.2) is 28.5 Å². The quantitative estimate of drug-likeness (QED) is 0.913. The van der Waals surface area contributed by atoms with Gasteiger partial charge in [0, 0.05) is 13.0 Å². The summed E-state index contributed by atoms with van der Waals surface area (Å²) in [7, 11) is 2.01. The van der Waals surface area contributed by atoms with Gasteiger partial charge in [0.25, 0.3) is 0 Å². The van der Waals surface area contributed by atoms with Crippen LogP contribution in [0.15, 0.2) is 24.3 Å². The Hall–Kier alpha value is -1.88. The third-order valence-electron chi connectivity index (χ3n) is 5.67. The number of hydrogen-bond donors (Lipinski definition) is 2. The zero-order chi connectivity index (χ0) is 16.0. The van der Waals surface area contributed by atoms with Crippen LogP contribution in [0.4, 0.5) is 0 Å². The third-order valence-corrected chi connectivity index (χ3v) is 5.67. The van der Waals surface area contributed by atoms with Crippen LogP contribution < -0.4 is 10.6 Å². The van der Waals surface area contributed by atoms with Crippen molar-refractivity contribution >= 4 is 16.9 Å². The average molecular weight is 312 g/mol. The van der Waals surface area contributed by atoms with Gasteiger partial charge in [0.2, 0.25) is 5.91 Å². The predicted octanol–water partition coefficient (Wildman–Crippen LogP) is 2.14. The molecule has 1 aliphatic carbocycles. The molecule has 2 aliphatic rings. The van der Waals surface area contributed by atoms with Gasteiger partial charge in [-0.3, -0.25) is 4.79 Å². The number of rotatable bonds is 3. The van der Waals surface area contributed by atoms with Gasteiger partial charge in [-0.05, 0) is 56.8 Å². The number of fused-ring (bicyclic) bond motifs is 1. The molecule has 2 N–H and O–H groups in total. The van der Waals surface area contributed by atoms with Crippen LogP contribution in [0.5, 0.6) is 0 Å². The second-order valence-corrected chi connectivity index (χ2v) is 7.12. The normalized spacial score (nSPS) is 23.8. The molecule has 1 amide bonds. The molecule has 2 heterocycles. The minimum absolute atomic E-state index is 0.0701. The summed E-state index contributed by atoms with van der Waals surface area (Å²) in [5, 5.41) is 6.57. The number of piperidine rings is 1. The van der Waals surface area contributed by atoms with Crippen molar-refractivity contribution in [2.24, 2.45) is 18.4 Å². The lowest BCUT2D eigenvalue weighted by atomic mass is 9.91. The summed E-state index contributed by atoms with van der Waals surface area (Å²) in [6.45, 7) is 4.12. The second kappa shape index (κ2) is 5.34. The highest BCUT2D eigenvalue weighted by molar-refractivity contribution is 5.83. The summed E-state index contributed by atoms with van der Waals surface area (Å²) in [5.41, 5.74) is 2.36. The molecule has 2 unspecified atom stereocenters. The number of carbonyl (C=O) groups excluding carboxylic acids is 1. The van der Waals surface area contributed by atoms with Gasteiger partial charge >= 0.3 is 0 Å². The number of nitrogens with zero attached hydrogens (tertiary/aromatic N) is 2. The summed E-state index contributed by atoms with van der Waals surface area (Å²) in [4.78, 5) is 17.3. The first-order valence-corrected chi connectivity index (χ1v) is 8.53. The fourth-order valence-corrected chi connectivity index (χ4v) is 4.13. The van der Waals surface area contributed by atoms with Crippen LogP contribution in [0, 0.1) is 11.3 Å². The Morgan fingerprint density at radius 3 is 2.87 bits per heavy atom. The molecular weight excluding hydrogens is 288 g/mol. The molecule has 1 saturated heterocycles. The fourth-order valence-electron chi connectivity index (χ4n) is 4.13. The van der Waals surface area contributed by atoms with Crippen molar-refractivity contribution in [3.8, 4) is 0 Å². The minimum atomic E-state index is -0.0701. The first kappa shape index (κ1) is 14.7. The van der Waals surface area contributed by atoms with Crippen molar-refractivity contribution < 1.29 is 4.79 Å². The van der Waals surface area contributed by atoms with Crippen LogP contribution in [0.3, 0.4) is 0 Å². The third kappa shape index (κ3) is 2.43. The van der Waals surface area contributed by atoms with Crippen molar-refractivity contribution in [1.82, 2.24) is 20.2 Å². The monoisotopic (exact) mass is 312 g/mol. The molecule has 2 atom stereocenters. The highest BCUT2D eigenvalue weighted by Crippen LogP contribution is 2.58. The molecule has 1 aliphatic heterocycles. The van der Waals surface area contributed by atoms with E-state index in [1.807, 2.05) is 32.2 Å². The Morgan fingerprint density at radius 1 is 1.39 bits per heavy atom. The van der Waals surface area contributed by atoms with Gasteiger partial charge in [0.05, 0.1) is 17.1 Å². The smallest absolute Gasteiger partial charge is 0.224 e. The molecular formula is C18H24N4O. The van der Waals surface area contributed by atoms with Gasteiger partial charge in [-0.2, -0.15) is 0 Å². The Morgan fingerprint density at radius 2 is 2.13 bits per heavy atom. The second-order valence-electron chi connectivity index (χ2n) is 7.12. The largest absolute Gasteiger partial charge is 0.346 e. The number of benzene rings is 1. The Labute approximate surface area is 136 Å². The van der Waals surface area contributed by atoms with E-state index in [4.69, 9.17) is 0 Å². The summed E-state index contributed by atoms with van der Waals surface area (Å²) < 4.78 is 2.08. The molecule has 4 rings (SSSR count). The number of nitrogens with one attached hydrogen (secondary N) is 2. The maximum atomic E-state index is 12.6. The summed E-state index contributed by atoms with van der Waals surface area (Å²) in [6, 6.07) is 8.01. The number of hydrogen-bond acceptors (Lipinski definition) is 3. The number of carbonyl (C=O) groups is 1. The maximum absolute atomic E-state index is 12.6. The van der Waals surface area contributed by atoms with E-state index >= 15 is 0 Å². The Balaban J connectivity index is 1.48. The molecule has 1 aromatic heterocycles. The van der Waals surface area contributed by atoms with Crippen molar-refractivity contribution in [3.05, 3.63) is 30.1 Å². The molecule has 23 heavy (non-hydrogen) atoms. The lowest BCUT2D eigenvalue weighted by Gasteiger charge is -2.23. The number of imidazole rings is 1. The van der Waals surface area contributed by atoms with Gasteiger partial charge in [-0.15, -0.1) is 0 Å². The molecule has 5 heteroatoms. The van der Waals surface area contributed by atoms with Gasteiger partial charge in [0.15, 0.2) is 0 Å². The average Bonchev–Trinajstić information content (AvgIpc) is 3.14. The van der Waals surface area contributed by atoms with Gasteiger partial charge < -0.3 is 15.2 Å². The molecule has 0 bridgehead atoms. The molecule has 2 aromatic rings. The lowest BCUT2D eigenvalue weighted by molar-refractivity contribution is -0.124. The van der Waals surface area contributed by atoms with E-state index in [1.165, 1.54) is 0 Å². The highest BCUT2D eigenvalue weighted by atomic mass is 16.2. The molecule has 1 saturated carbocycles. The topological polar surface area (TPSA) is 59.0 Å². The van der Waals surface area contributed by atoms with E-state index in [0.29, 0.717) is 0 Å². The maximum Gasteiger partial charge on any atom is 0.224 e. The predicted molar refractivity (Wildman–Crippen MR) is 89.9 cm³/mol. The number of aryl methyl sites for hydroxylation is 1. The van der Waals surface area contributed by atoms with Crippen LogP contribution >= 0.6 is 0 Å². The van der Waals surface area contributed by atoms with E-state index in [2.05, 4.69) is 26.3 Å². The Bertz CT molecular complexity index is 745. The molecule has 1 aromatic carbocycles. The summed E-state index contributed by atoms with van der Waals surface area (Å²) >= 11 is 0. The number of amides is 1. The van der Waals surface area contributed by atoms with Gasteiger partial charge in [-0.25, -0.2) is 4.98 Å². The first-order chi connectivity index (χ1) is 11.1. The molecule has 0 radical (unpaired) electrons. The van der Waals surface area contributed by atoms with Crippen LogP contribution in [0.2, 0.25) is 0 Å². The van der Waals surface area contributed by atoms with E-state index in [9.17, 15) is 4.79 Å². The Kier molecular flexibility index (Phi) is 3.41. The van der Waals surface area contributed by atoms with Crippen LogP contribution in [0.25, 0.3) is 11.0 Å². The standard InChI is InChI=1S/C18H24N4O/c1-12(16-21-14-5-3-4-6-15(14)22(16)2)20-17(23)13-11-18(13)7-9-19-10-8-18/h3-6,12-13,19H,7-11H2,1-2H3,(H,20,23). The van der Waals surface area contributed by atoms with Crippen molar-refractivity contribution in [2.45, 2.75) is 32.2 Å². The van der Waals surface area contributed by atoms with Crippen molar-refractivity contribution in [3.63, 3.8) is 0 Å². The van der Waals surface area contributed by atoms with Crippen LogP contribution in [-0.2, 0) is 11.8 Å². The zero-order valence-electron chi connectivity index (χ0n) is 13.8.